The van der Waals surface area contributed by atoms with Crippen LogP contribution in [0.5, 0.6) is 5.75 Å². The average molecular weight is 375 g/mol. The molecular formula is C17H17N3O7. The van der Waals surface area contributed by atoms with Crippen molar-refractivity contribution in [2.24, 2.45) is 7.05 Å². The number of rotatable bonds is 7. The lowest BCUT2D eigenvalue weighted by Crippen LogP contribution is -2.36. The molecule has 1 aromatic carbocycles. The molecule has 142 valence electrons. The number of carbonyl (C=O) groups excluding carboxylic acids is 3. The number of carbonyl (C=O) groups is 3. The Morgan fingerprint density at radius 2 is 1.89 bits per heavy atom. The number of nitrogens with zero attached hydrogens (tertiary/aromatic N) is 1. The highest BCUT2D eigenvalue weighted by molar-refractivity contribution is 6.01. The molecule has 2 aromatic rings. The Labute approximate surface area is 152 Å². The van der Waals surface area contributed by atoms with Gasteiger partial charge in [-0.15, -0.1) is 0 Å². The molecule has 0 saturated heterocycles. The van der Waals surface area contributed by atoms with Gasteiger partial charge in [-0.25, -0.2) is 9.59 Å². The van der Waals surface area contributed by atoms with Crippen LogP contribution in [0.4, 0.5) is 5.82 Å². The Morgan fingerprint density at radius 1 is 1.19 bits per heavy atom. The van der Waals surface area contributed by atoms with Gasteiger partial charge in [0.2, 0.25) is 5.78 Å². The summed E-state index contributed by atoms with van der Waals surface area (Å²) in [6, 6.07) is 6.21. The standard InChI is InChI=1S/C17H17N3O7/c1-9(21)10-4-3-5-11(6-10)26-8-13(23)27-7-12(22)14-15(18)20(2)17(25)19-16(14)24/h3-6H,7-8,18H2,1-2H3,(H,19,24,25). The summed E-state index contributed by atoms with van der Waals surface area (Å²) in [5.41, 5.74) is 3.80. The highest BCUT2D eigenvalue weighted by Crippen LogP contribution is 2.13. The van der Waals surface area contributed by atoms with Crippen LogP contribution < -0.4 is 21.7 Å². The molecule has 0 radical (unpaired) electrons. The fraction of sp³-hybridized carbons (Fsp3) is 0.235. The molecule has 2 rings (SSSR count). The van der Waals surface area contributed by atoms with Gasteiger partial charge in [0.1, 0.15) is 17.1 Å². The third-order valence-corrected chi connectivity index (χ3v) is 3.61. The van der Waals surface area contributed by atoms with Crippen LogP contribution in [0.15, 0.2) is 33.9 Å². The van der Waals surface area contributed by atoms with Crippen molar-refractivity contribution in [1.82, 2.24) is 9.55 Å². The van der Waals surface area contributed by atoms with E-state index in [0.717, 1.165) is 4.57 Å². The summed E-state index contributed by atoms with van der Waals surface area (Å²) in [6.45, 7) is 0.140. The third kappa shape index (κ3) is 4.69. The predicted molar refractivity (Wildman–Crippen MR) is 93.9 cm³/mol. The molecule has 0 saturated carbocycles. The smallest absolute Gasteiger partial charge is 0.344 e. The molecule has 10 heteroatoms. The highest BCUT2D eigenvalue weighted by Gasteiger charge is 2.19. The number of H-pyrrole nitrogens is 1. The Hall–Kier alpha value is -3.69. The van der Waals surface area contributed by atoms with Crippen molar-refractivity contribution < 1.29 is 23.9 Å². The number of benzene rings is 1. The SMILES string of the molecule is CC(=O)c1cccc(OCC(=O)OCC(=O)c2c(N)n(C)c(=O)[nH]c2=O)c1. The number of anilines is 1. The maximum absolute atomic E-state index is 12.1. The first-order valence-corrected chi connectivity index (χ1v) is 7.72. The summed E-state index contributed by atoms with van der Waals surface area (Å²) in [6.07, 6.45) is 0. The molecule has 0 bridgehead atoms. The second-order valence-corrected chi connectivity index (χ2v) is 5.54. The van der Waals surface area contributed by atoms with E-state index in [9.17, 15) is 24.0 Å². The quantitative estimate of drug-likeness (QED) is 0.493. The fourth-order valence-electron chi connectivity index (χ4n) is 2.11. The Balaban J connectivity index is 1.96. The van der Waals surface area contributed by atoms with Crippen molar-refractivity contribution in [1.29, 1.82) is 0 Å². The molecule has 1 heterocycles. The largest absolute Gasteiger partial charge is 0.482 e. The molecule has 0 atom stereocenters. The molecule has 0 unspecified atom stereocenters. The first-order valence-electron chi connectivity index (χ1n) is 7.72. The number of hydrogen-bond donors (Lipinski definition) is 2. The fourth-order valence-corrected chi connectivity index (χ4v) is 2.11. The molecule has 3 N–H and O–H groups in total. The topological polar surface area (TPSA) is 151 Å². The van der Waals surface area contributed by atoms with Crippen LogP contribution in [0, 0.1) is 0 Å². The summed E-state index contributed by atoms with van der Waals surface area (Å²) in [4.78, 5) is 60.2. The molecule has 0 spiro atoms. The number of aromatic amines is 1. The number of ether oxygens (including phenoxy) is 2. The van der Waals surface area contributed by atoms with Crippen LogP contribution in [-0.4, -0.2) is 40.3 Å². The summed E-state index contributed by atoms with van der Waals surface area (Å²) in [5, 5.41) is 0. The molecule has 1 aromatic heterocycles. The minimum atomic E-state index is -0.964. The van der Waals surface area contributed by atoms with Crippen LogP contribution in [0.2, 0.25) is 0 Å². The van der Waals surface area contributed by atoms with E-state index in [2.05, 4.69) is 0 Å². The summed E-state index contributed by atoms with van der Waals surface area (Å²) >= 11 is 0. The summed E-state index contributed by atoms with van der Waals surface area (Å²) in [5.74, 6) is -1.94. The molecule has 27 heavy (non-hydrogen) atoms. The number of hydrogen-bond acceptors (Lipinski definition) is 8. The molecule has 0 aliphatic carbocycles. The second kappa shape index (κ2) is 8.13. The predicted octanol–water partition coefficient (Wildman–Crippen LogP) is -0.337. The third-order valence-electron chi connectivity index (χ3n) is 3.61. The lowest BCUT2D eigenvalue weighted by atomic mass is 10.1. The van der Waals surface area contributed by atoms with E-state index < -0.39 is 41.8 Å². The average Bonchev–Trinajstić information content (AvgIpc) is 2.63. The first-order chi connectivity index (χ1) is 12.7. The van der Waals surface area contributed by atoms with Gasteiger partial charge >= 0.3 is 11.7 Å². The van der Waals surface area contributed by atoms with Gasteiger partial charge in [0.15, 0.2) is 19.0 Å². The van der Waals surface area contributed by atoms with Crippen LogP contribution in [0.3, 0.4) is 0 Å². The zero-order valence-electron chi connectivity index (χ0n) is 14.6. The molecule has 0 amide bonds. The number of esters is 1. The minimum Gasteiger partial charge on any atom is -0.482 e. The second-order valence-electron chi connectivity index (χ2n) is 5.54. The molecule has 0 aliphatic rings. The van der Waals surface area contributed by atoms with Gasteiger partial charge in [0.05, 0.1) is 0 Å². The summed E-state index contributed by atoms with van der Waals surface area (Å²) < 4.78 is 10.9. The highest BCUT2D eigenvalue weighted by atomic mass is 16.6. The maximum atomic E-state index is 12.1. The number of aromatic nitrogens is 2. The van der Waals surface area contributed by atoms with Crippen LogP contribution in [0.1, 0.15) is 27.6 Å². The van der Waals surface area contributed by atoms with E-state index in [-0.39, 0.29) is 17.4 Å². The maximum Gasteiger partial charge on any atom is 0.344 e. The van der Waals surface area contributed by atoms with Crippen LogP contribution in [-0.2, 0) is 16.6 Å². The molecule has 0 fully saturated rings. The normalized spacial score (nSPS) is 10.3. The van der Waals surface area contributed by atoms with Gasteiger partial charge in [-0.3, -0.25) is 23.9 Å². The molecule has 10 nitrogen and oxygen atoms in total. The van der Waals surface area contributed by atoms with Crippen molar-refractivity contribution in [3.05, 3.63) is 56.2 Å². The Morgan fingerprint density at radius 3 is 2.56 bits per heavy atom. The number of ketones is 2. The van der Waals surface area contributed by atoms with E-state index in [1.807, 2.05) is 4.98 Å². The lowest BCUT2D eigenvalue weighted by Gasteiger charge is -2.09. The zero-order chi connectivity index (χ0) is 20.1. The van der Waals surface area contributed by atoms with Crippen LogP contribution in [0.25, 0.3) is 0 Å². The van der Waals surface area contributed by atoms with Gasteiger partial charge in [0, 0.05) is 12.6 Å². The van der Waals surface area contributed by atoms with Gasteiger partial charge in [-0.2, -0.15) is 0 Å². The van der Waals surface area contributed by atoms with Gasteiger partial charge < -0.3 is 15.2 Å². The van der Waals surface area contributed by atoms with Gasteiger partial charge in [-0.1, -0.05) is 12.1 Å². The number of Topliss-reactive ketones (excluding diaryl/α,β-unsaturated/α-hetero) is 2. The van der Waals surface area contributed by atoms with Crippen molar-refractivity contribution in [2.45, 2.75) is 6.92 Å². The number of nitrogens with two attached hydrogens (primary N) is 1. The minimum absolute atomic E-state index is 0.159. The van der Waals surface area contributed by atoms with Gasteiger partial charge in [-0.05, 0) is 19.1 Å². The first kappa shape index (κ1) is 19.6. The zero-order valence-corrected chi connectivity index (χ0v) is 14.6. The molecule has 0 aliphatic heterocycles. The Kier molecular flexibility index (Phi) is 5.91. The Bertz CT molecular complexity index is 1020. The number of nitrogens with one attached hydrogen (secondary N) is 1. The van der Waals surface area contributed by atoms with E-state index >= 15 is 0 Å². The van der Waals surface area contributed by atoms with Crippen LogP contribution >= 0.6 is 0 Å². The van der Waals surface area contributed by atoms with Gasteiger partial charge in [0.25, 0.3) is 5.56 Å². The van der Waals surface area contributed by atoms with E-state index in [1.165, 1.54) is 20.0 Å². The lowest BCUT2D eigenvalue weighted by molar-refractivity contribution is -0.144. The molecular weight excluding hydrogens is 358 g/mol. The monoisotopic (exact) mass is 375 g/mol. The van der Waals surface area contributed by atoms with E-state index in [1.54, 1.807) is 18.2 Å². The van der Waals surface area contributed by atoms with Crippen molar-refractivity contribution in [3.63, 3.8) is 0 Å². The van der Waals surface area contributed by atoms with Crippen molar-refractivity contribution in [3.8, 4) is 5.75 Å². The summed E-state index contributed by atoms with van der Waals surface area (Å²) in [7, 11) is 1.28. The number of nitrogen functional groups attached to an aromatic ring is 1. The van der Waals surface area contributed by atoms with E-state index in [4.69, 9.17) is 15.2 Å². The van der Waals surface area contributed by atoms with Crippen molar-refractivity contribution in [2.75, 3.05) is 18.9 Å². The van der Waals surface area contributed by atoms with E-state index in [0.29, 0.717) is 5.56 Å². The van der Waals surface area contributed by atoms with Crippen molar-refractivity contribution >= 4 is 23.4 Å².